The van der Waals surface area contributed by atoms with Gasteiger partial charge in [0, 0.05) is 35.5 Å². The summed E-state index contributed by atoms with van der Waals surface area (Å²) in [5, 5.41) is 12.4. The monoisotopic (exact) mass is 466 g/mol. The van der Waals surface area contributed by atoms with Crippen molar-refractivity contribution in [3.05, 3.63) is 56.8 Å². The van der Waals surface area contributed by atoms with Crippen molar-refractivity contribution < 1.29 is 18.3 Å². The Bertz CT molecular complexity index is 1250. The highest BCUT2D eigenvalue weighted by molar-refractivity contribution is 7.98. The smallest absolute Gasteiger partial charge is 0.273 e. The van der Waals surface area contributed by atoms with Crippen molar-refractivity contribution in [2.24, 2.45) is 7.05 Å². The van der Waals surface area contributed by atoms with Crippen molar-refractivity contribution >= 4 is 45.2 Å². The molecule has 0 bridgehead atoms. The Kier molecular flexibility index (Phi) is 6.49. The summed E-state index contributed by atoms with van der Waals surface area (Å²) >= 11 is 2.48. The second kappa shape index (κ2) is 8.75. The first kappa shape index (κ1) is 22.3. The summed E-state index contributed by atoms with van der Waals surface area (Å²) in [7, 11) is -0.408. The number of thioether (sulfide) groups is 1. The summed E-state index contributed by atoms with van der Waals surface area (Å²) in [6.45, 7) is 1.72. The minimum absolute atomic E-state index is 0.116. The van der Waals surface area contributed by atoms with Crippen LogP contribution in [-0.2, 0) is 22.6 Å². The van der Waals surface area contributed by atoms with E-state index in [-0.39, 0.29) is 27.0 Å². The Balaban J connectivity index is 2.14. The van der Waals surface area contributed by atoms with E-state index in [0.29, 0.717) is 21.6 Å². The third kappa shape index (κ3) is 4.21. The van der Waals surface area contributed by atoms with Crippen molar-refractivity contribution in [3.63, 3.8) is 0 Å². The van der Waals surface area contributed by atoms with Gasteiger partial charge in [-0.3, -0.25) is 9.48 Å². The van der Waals surface area contributed by atoms with Gasteiger partial charge in [0.25, 0.3) is 5.56 Å². The Morgan fingerprint density at radius 2 is 2.10 bits per heavy atom. The fourth-order valence-electron chi connectivity index (χ4n) is 3.12. The minimum atomic E-state index is -3.55. The van der Waals surface area contributed by atoms with Crippen molar-refractivity contribution in [2.45, 2.75) is 21.8 Å². The highest BCUT2D eigenvalue weighted by Crippen LogP contribution is 2.41. The maximum absolute atomic E-state index is 12.8. The Labute approximate surface area is 183 Å². The van der Waals surface area contributed by atoms with Gasteiger partial charge in [0.2, 0.25) is 0 Å². The summed E-state index contributed by atoms with van der Waals surface area (Å²) in [4.78, 5) is 12.9. The summed E-state index contributed by atoms with van der Waals surface area (Å²) in [6, 6.07) is 4.81. The molecule has 7 nitrogen and oxygen atoms in total. The molecule has 0 fully saturated rings. The first-order valence-corrected chi connectivity index (χ1v) is 12.6. The topological polar surface area (TPSA) is 90.5 Å². The standard InChI is InChI=1S/C20H22N2O5S3/c1-13-11-21(2)22(20(13)24)8-7-15-18(23)16(27-3)10-14(19(15)28-4)12-30(25,26)17-6-5-9-29-17/h5-11,23H,12H2,1-4H3/b8-7+. The molecule has 3 aromatic rings. The average Bonchev–Trinajstić information content (AvgIpc) is 3.32. The minimum Gasteiger partial charge on any atom is -0.504 e. The molecular weight excluding hydrogens is 444 g/mol. The second-order valence-electron chi connectivity index (χ2n) is 6.58. The number of phenolic OH excluding ortho intramolecular Hbond substituents is 1. The molecule has 0 amide bonds. The number of benzene rings is 1. The lowest BCUT2D eigenvalue weighted by molar-refractivity contribution is 0.371. The van der Waals surface area contributed by atoms with Gasteiger partial charge in [-0.2, -0.15) is 0 Å². The molecule has 0 aliphatic carbocycles. The third-order valence-electron chi connectivity index (χ3n) is 4.55. The number of hydrogen-bond donors (Lipinski definition) is 1. The van der Waals surface area contributed by atoms with E-state index in [1.54, 1.807) is 67.0 Å². The van der Waals surface area contributed by atoms with E-state index < -0.39 is 9.84 Å². The van der Waals surface area contributed by atoms with Gasteiger partial charge in [0.05, 0.1) is 12.9 Å². The molecule has 3 rings (SSSR count). The number of phenols is 1. The predicted molar refractivity (Wildman–Crippen MR) is 121 cm³/mol. The van der Waals surface area contributed by atoms with Gasteiger partial charge in [0.15, 0.2) is 21.3 Å². The molecule has 0 spiro atoms. The van der Waals surface area contributed by atoms with Crippen LogP contribution in [-0.4, -0.2) is 36.3 Å². The van der Waals surface area contributed by atoms with E-state index in [2.05, 4.69) is 0 Å². The molecule has 0 aliphatic heterocycles. The van der Waals surface area contributed by atoms with Crippen LogP contribution in [0.5, 0.6) is 11.5 Å². The number of aromatic nitrogens is 2. The number of thiophene rings is 1. The van der Waals surface area contributed by atoms with Crippen LogP contribution in [0.2, 0.25) is 0 Å². The molecule has 0 saturated heterocycles. The summed E-state index contributed by atoms with van der Waals surface area (Å²) in [6.07, 6.45) is 6.64. The maximum Gasteiger partial charge on any atom is 0.273 e. The molecule has 2 aromatic heterocycles. The van der Waals surface area contributed by atoms with Crippen molar-refractivity contribution in [1.29, 1.82) is 0 Å². The van der Waals surface area contributed by atoms with Crippen LogP contribution in [0, 0.1) is 6.92 Å². The van der Waals surface area contributed by atoms with Crippen LogP contribution in [0.25, 0.3) is 12.3 Å². The SMILES string of the molecule is COc1cc(CS(=O)(=O)c2cccs2)c(SC)c(/C=C/n2c(=O)c(C)cn2C)c1O. The number of rotatable bonds is 7. The lowest BCUT2D eigenvalue weighted by Crippen LogP contribution is -2.16. The van der Waals surface area contributed by atoms with Gasteiger partial charge in [-0.25, -0.2) is 13.1 Å². The van der Waals surface area contributed by atoms with E-state index in [1.165, 1.54) is 23.6 Å². The molecule has 30 heavy (non-hydrogen) atoms. The van der Waals surface area contributed by atoms with Crippen LogP contribution in [0.1, 0.15) is 16.7 Å². The molecule has 1 aromatic carbocycles. The molecule has 0 aliphatic rings. The Morgan fingerprint density at radius 3 is 2.63 bits per heavy atom. The molecule has 2 heterocycles. The number of nitrogens with zero attached hydrogens (tertiary/aromatic N) is 2. The molecule has 0 saturated carbocycles. The van der Waals surface area contributed by atoms with Gasteiger partial charge < -0.3 is 9.84 Å². The van der Waals surface area contributed by atoms with E-state index in [1.807, 2.05) is 0 Å². The second-order valence-corrected chi connectivity index (χ2v) is 10.6. The Morgan fingerprint density at radius 1 is 1.37 bits per heavy atom. The average molecular weight is 467 g/mol. The van der Waals surface area contributed by atoms with Crippen LogP contribution in [0.4, 0.5) is 0 Å². The van der Waals surface area contributed by atoms with Crippen molar-refractivity contribution in [3.8, 4) is 11.5 Å². The number of methoxy groups -OCH3 is 1. The molecule has 1 N–H and O–H groups in total. The number of aromatic hydroxyl groups is 1. The first-order chi connectivity index (χ1) is 14.2. The molecule has 0 unspecified atom stereocenters. The van der Waals surface area contributed by atoms with E-state index in [9.17, 15) is 18.3 Å². The van der Waals surface area contributed by atoms with Crippen LogP contribution < -0.4 is 10.3 Å². The van der Waals surface area contributed by atoms with E-state index in [4.69, 9.17) is 4.74 Å². The number of hydrogen-bond acceptors (Lipinski definition) is 7. The summed E-state index contributed by atoms with van der Waals surface area (Å²) in [5.74, 6) is -0.182. The normalized spacial score (nSPS) is 12.0. The van der Waals surface area contributed by atoms with Gasteiger partial charge >= 0.3 is 0 Å². The summed E-state index contributed by atoms with van der Waals surface area (Å²) in [5.41, 5.74) is 1.32. The fraction of sp³-hybridized carbons (Fsp3) is 0.250. The van der Waals surface area contributed by atoms with Gasteiger partial charge in [0.1, 0.15) is 4.21 Å². The van der Waals surface area contributed by atoms with Crippen molar-refractivity contribution in [1.82, 2.24) is 9.36 Å². The molecule has 0 radical (unpaired) electrons. The fourth-order valence-corrected chi connectivity index (χ4v) is 6.43. The largest absolute Gasteiger partial charge is 0.504 e. The summed E-state index contributed by atoms with van der Waals surface area (Å²) < 4.78 is 34.3. The molecular formula is C20H22N2O5S3. The zero-order valence-corrected chi connectivity index (χ0v) is 19.4. The van der Waals surface area contributed by atoms with Gasteiger partial charge in [-0.05, 0) is 42.3 Å². The number of aryl methyl sites for hydroxylation is 2. The first-order valence-electron chi connectivity index (χ1n) is 8.85. The quantitative estimate of drug-likeness (QED) is 0.535. The zero-order chi connectivity index (χ0) is 22.1. The van der Waals surface area contributed by atoms with Crippen LogP contribution >= 0.6 is 23.1 Å². The predicted octanol–water partition coefficient (Wildman–Crippen LogP) is 3.59. The van der Waals surface area contributed by atoms with Gasteiger partial charge in [-0.1, -0.05) is 6.07 Å². The Hall–Kier alpha value is -2.43. The third-order valence-corrected chi connectivity index (χ3v) is 8.59. The van der Waals surface area contributed by atoms with Crippen LogP contribution in [0.3, 0.4) is 0 Å². The highest BCUT2D eigenvalue weighted by Gasteiger charge is 2.23. The zero-order valence-electron chi connectivity index (χ0n) is 16.9. The lowest BCUT2D eigenvalue weighted by Gasteiger charge is -2.16. The van der Waals surface area contributed by atoms with E-state index >= 15 is 0 Å². The lowest BCUT2D eigenvalue weighted by atomic mass is 10.1. The van der Waals surface area contributed by atoms with Crippen molar-refractivity contribution in [2.75, 3.05) is 13.4 Å². The number of sulfone groups is 1. The molecule has 0 atom stereocenters. The van der Waals surface area contributed by atoms with Crippen LogP contribution in [0.15, 0.2) is 43.7 Å². The molecule has 160 valence electrons. The highest BCUT2D eigenvalue weighted by atomic mass is 32.2. The molecule has 10 heteroatoms. The van der Waals surface area contributed by atoms with E-state index in [0.717, 1.165) is 11.3 Å². The maximum atomic E-state index is 12.8. The van der Waals surface area contributed by atoms with Gasteiger partial charge in [-0.15, -0.1) is 23.1 Å². The number of ether oxygens (including phenoxy) is 1.